The van der Waals surface area contributed by atoms with Crippen molar-refractivity contribution in [2.75, 3.05) is 10.6 Å². The SMILES string of the molecule is CCC(=O)Nc1ccc(Nc2ccc(F)c(F)c2F)cn1. The number of nitrogens with zero attached hydrogens (tertiary/aromatic N) is 1. The largest absolute Gasteiger partial charge is 0.352 e. The van der Waals surface area contributed by atoms with E-state index in [0.29, 0.717) is 17.9 Å². The topological polar surface area (TPSA) is 54.0 Å². The fraction of sp³-hybridized carbons (Fsp3) is 0.143. The predicted molar refractivity (Wildman–Crippen MR) is 72.8 cm³/mol. The first-order valence-corrected chi connectivity index (χ1v) is 6.17. The van der Waals surface area contributed by atoms with Gasteiger partial charge in [0.15, 0.2) is 17.5 Å². The number of hydrogen-bond acceptors (Lipinski definition) is 3. The number of rotatable bonds is 4. The summed E-state index contributed by atoms with van der Waals surface area (Å²) in [6.45, 7) is 1.71. The molecule has 1 aromatic heterocycles. The summed E-state index contributed by atoms with van der Waals surface area (Å²) >= 11 is 0. The van der Waals surface area contributed by atoms with Crippen molar-refractivity contribution in [1.29, 1.82) is 0 Å². The van der Waals surface area contributed by atoms with E-state index in [4.69, 9.17) is 0 Å². The summed E-state index contributed by atoms with van der Waals surface area (Å²) in [6.07, 6.45) is 1.66. The van der Waals surface area contributed by atoms with Crippen molar-refractivity contribution in [3.05, 3.63) is 47.9 Å². The lowest BCUT2D eigenvalue weighted by Gasteiger charge is -2.09. The Labute approximate surface area is 119 Å². The van der Waals surface area contributed by atoms with Crippen LogP contribution in [-0.4, -0.2) is 10.9 Å². The molecule has 0 aliphatic heterocycles. The van der Waals surface area contributed by atoms with Crippen LogP contribution < -0.4 is 10.6 Å². The molecule has 1 heterocycles. The molecular weight excluding hydrogens is 283 g/mol. The van der Waals surface area contributed by atoms with Crippen molar-refractivity contribution < 1.29 is 18.0 Å². The number of anilines is 3. The zero-order valence-electron chi connectivity index (χ0n) is 11.1. The Bertz CT molecular complexity index is 659. The lowest BCUT2D eigenvalue weighted by Crippen LogP contribution is -2.10. The van der Waals surface area contributed by atoms with Crippen LogP contribution in [0.2, 0.25) is 0 Å². The van der Waals surface area contributed by atoms with Crippen LogP contribution in [-0.2, 0) is 4.79 Å². The number of amides is 1. The third kappa shape index (κ3) is 3.50. The maximum Gasteiger partial charge on any atom is 0.225 e. The molecular formula is C14H12F3N3O. The van der Waals surface area contributed by atoms with Crippen molar-refractivity contribution in [2.24, 2.45) is 0 Å². The molecule has 0 atom stereocenters. The number of halogens is 3. The Morgan fingerprint density at radius 1 is 1.14 bits per heavy atom. The molecule has 1 amide bonds. The van der Waals surface area contributed by atoms with Gasteiger partial charge in [-0.15, -0.1) is 0 Å². The Balaban J connectivity index is 2.14. The number of aromatic nitrogens is 1. The highest BCUT2D eigenvalue weighted by Crippen LogP contribution is 2.23. The highest BCUT2D eigenvalue weighted by molar-refractivity contribution is 5.89. The van der Waals surface area contributed by atoms with Crippen LogP contribution in [0.3, 0.4) is 0 Å². The first-order chi connectivity index (χ1) is 10.0. The van der Waals surface area contributed by atoms with Crippen molar-refractivity contribution in [3.8, 4) is 0 Å². The summed E-state index contributed by atoms with van der Waals surface area (Å²) in [5.41, 5.74) is 0.162. The second-order valence-electron chi connectivity index (χ2n) is 4.18. The van der Waals surface area contributed by atoms with Gasteiger partial charge >= 0.3 is 0 Å². The zero-order chi connectivity index (χ0) is 15.4. The summed E-state index contributed by atoms with van der Waals surface area (Å²) < 4.78 is 39.4. The van der Waals surface area contributed by atoms with Gasteiger partial charge in [-0.1, -0.05) is 6.92 Å². The molecule has 0 spiro atoms. The van der Waals surface area contributed by atoms with Gasteiger partial charge in [0.2, 0.25) is 5.91 Å². The molecule has 0 unspecified atom stereocenters. The Kier molecular flexibility index (Phi) is 4.42. The molecule has 110 valence electrons. The van der Waals surface area contributed by atoms with E-state index in [-0.39, 0.29) is 11.6 Å². The smallest absolute Gasteiger partial charge is 0.225 e. The fourth-order valence-electron chi connectivity index (χ4n) is 1.55. The summed E-state index contributed by atoms with van der Waals surface area (Å²) in [5.74, 6) is -3.94. The maximum atomic E-state index is 13.5. The molecule has 21 heavy (non-hydrogen) atoms. The van der Waals surface area contributed by atoms with E-state index in [2.05, 4.69) is 15.6 Å². The van der Waals surface area contributed by atoms with Gasteiger partial charge in [-0.2, -0.15) is 0 Å². The van der Waals surface area contributed by atoms with E-state index < -0.39 is 17.5 Å². The highest BCUT2D eigenvalue weighted by Gasteiger charge is 2.13. The second kappa shape index (κ2) is 6.25. The molecule has 1 aromatic carbocycles. The number of carbonyl (C=O) groups excluding carboxylic acids is 1. The molecule has 0 fully saturated rings. The average molecular weight is 295 g/mol. The van der Waals surface area contributed by atoms with Gasteiger partial charge in [0.05, 0.1) is 17.6 Å². The van der Waals surface area contributed by atoms with Gasteiger partial charge in [0, 0.05) is 6.42 Å². The molecule has 2 rings (SSSR count). The molecule has 7 heteroatoms. The van der Waals surface area contributed by atoms with E-state index in [0.717, 1.165) is 12.1 Å². The monoisotopic (exact) mass is 295 g/mol. The second-order valence-corrected chi connectivity index (χ2v) is 4.18. The zero-order valence-corrected chi connectivity index (χ0v) is 11.1. The van der Waals surface area contributed by atoms with E-state index in [9.17, 15) is 18.0 Å². The summed E-state index contributed by atoms with van der Waals surface area (Å²) in [7, 11) is 0. The van der Waals surface area contributed by atoms with Crippen molar-refractivity contribution in [1.82, 2.24) is 4.98 Å². The van der Waals surface area contributed by atoms with Gasteiger partial charge < -0.3 is 10.6 Å². The van der Waals surface area contributed by atoms with Crippen LogP contribution in [0.1, 0.15) is 13.3 Å². The van der Waals surface area contributed by atoms with E-state index in [1.54, 1.807) is 6.92 Å². The molecule has 2 N–H and O–H groups in total. The Morgan fingerprint density at radius 2 is 1.90 bits per heavy atom. The van der Waals surface area contributed by atoms with E-state index in [1.165, 1.54) is 18.3 Å². The fourth-order valence-corrected chi connectivity index (χ4v) is 1.55. The van der Waals surface area contributed by atoms with Gasteiger partial charge in [-0.25, -0.2) is 18.2 Å². The summed E-state index contributed by atoms with van der Waals surface area (Å²) in [4.78, 5) is 15.1. The average Bonchev–Trinajstić information content (AvgIpc) is 2.49. The lowest BCUT2D eigenvalue weighted by molar-refractivity contribution is -0.115. The van der Waals surface area contributed by atoms with Crippen LogP contribution in [0.15, 0.2) is 30.5 Å². The van der Waals surface area contributed by atoms with Gasteiger partial charge in [-0.3, -0.25) is 4.79 Å². The van der Waals surface area contributed by atoms with Crippen LogP contribution >= 0.6 is 0 Å². The molecule has 2 aromatic rings. The van der Waals surface area contributed by atoms with Crippen molar-refractivity contribution in [3.63, 3.8) is 0 Å². The molecule has 0 bridgehead atoms. The number of benzene rings is 1. The summed E-state index contributed by atoms with van der Waals surface area (Å²) in [6, 6.07) is 4.94. The predicted octanol–water partition coefficient (Wildman–Crippen LogP) is 3.59. The van der Waals surface area contributed by atoms with Crippen molar-refractivity contribution in [2.45, 2.75) is 13.3 Å². The number of pyridine rings is 1. The Hall–Kier alpha value is -2.57. The highest BCUT2D eigenvalue weighted by atomic mass is 19.2. The van der Waals surface area contributed by atoms with Crippen LogP contribution in [0.5, 0.6) is 0 Å². The minimum absolute atomic E-state index is 0.185. The Morgan fingerprint density at radius 3 is 2.52 bits per heavy atom. The maximum absolute atomic E-state index is 13.5. The molecule has 4 nitrogen and oxygen atoms in total. The standard InChI is InChI=1S/C14H12F3N3O/c1-2-12(21)20-11-6-3-8(7-18-11)19-10-5-4-9(15)13(16)14(10)17/h3-7,19H,2H2,1H3,(H,18,20,21). The quantitative estimate of drug-likeness (QED) is 0.847. The van der Waals surface area contributed by atoms with E-state index >= 15 is 0 Å². The van der Waals surface area contributed by atoms with Gasteiger partial charge in [0.25, 0.3) is 0 Å². The molecule has 0 saturated heterocycles. The van der Waals surface area contributed by atoms with Crippen molar-refractivity contribution >= 4 is 23.1 Å². The number of hydrogen-bond donors (Lipinski definition) is 2. The lowest BCUT2D eigenvalue weighted by atomic mass is 10.2. The first kappa shape index (κ1) is 14.8. The number of carbonyl (C=O) groups is 1. The molecule has 0 aliphatic carbocycles. The molecule has 0 radical (unpaired) electrons. The summed E-state index contributed by atoms with van der Waals surface area (Å²) in [5, 5.41) is 5.13. The minimum Gasteiger partial charge on any atom is -0.352 e. The minimum atomic E-state index is -1.54. The van der Waals surface area contributed by atoms with Crippen LogP contribution in [0.4, 0.5) is 30.4 Å². The van der Waals surface area contributed by atoms with Gasteiger partial charge in [-0.05, 0) is 24.3 Å². The third-order valence-corrected chi connectivity index (χ3v) is 2.67. The van der Waals surface area contributed by atoms with E-state index in [1.807, 2.05) is 0 Å². The first-order valence-electron chi connectivity index (χ1n) is 6.17. The normalized spacial score (nSPS) is 10.3. The third-order valence-electron chi connectivity index (χ3n) is 2.67. The van der Waals surface area contributed by atoms with Gasteiger partial charge in [0.1, 0.15) is 5.82 Å². The van der Waals surface area contributed by atoms with Crippen LogP contribution in [0, 0.1) is 17.5 Å². The number of nitrogens with one attached hydrogen (secondary N) is 2. The van der Waals surface area contributed by atoms with Crippen LogP contribution in [0.25, 0.3) is 0 Å². The molecule has 0 saturated carbocycles. The molecule has 0 aliphatic rings.